The van der Waals surface area contributed by atoms with E-state index in [1.54, 1.807) is 24.3 Å². The first-order valence-corrected chi connectivity index (χ1v) is 5.18. The third kappa shape index (κ3) is 2.60. The average molecular weight is 236 g/mol. The molecule has 18 heavy (non-hydrogen) atoms. The second-order valence-electron chi connectivity index (χ2n) is 3.40. The Kier molecular flexibility index (Phi) is 3.48. The van der Waals surface area contributed by atoms with Crippen LogP contribution in [0.1, 0.15) is 11.3 Å². The van der Waals surface area contributed by atoms with Crippen LogP contribution in [-0.4, -0.2) is 9.97 Å². The highest BCUT2D eigenvalue weighted by Crippen LogP contribution is 2.21. The first-order valence-electron chi connectivity index (χ1n) is 5.18. The molecule has 0 atom stereocenters. The molecule has 0 saturated carbocycles. The van der Waals surface area contributed by atoms with E-state index < -0.39 is 0 Å². The topological polar surface area (TPSA) is 82.6 Å². The van der Waals surface area contributed by atoms with Gasteiger partial charge in [0.25, 0.3) is 5.88 Å². The molecular formula is C13H8N4O. The van der Waals surface area contributed by atoms with Crippen LogP contribution in [0.3, 0.4) is 0 Å². The number of benzene rings is 1. The van der Waals surface area contributed by atoms with E-state index in [-0.39, 0.29) is 11.6 Å². The van der Waals surface area contributed by atoms with Gasteiger partial charge in [0.05, 0.1) is 12.5 Å². The van der Waals surface area contributed by atoms with Crippen molar-refractivity contribution in [2.45, 2.75) is 6.42 Å². The van der Waals surface area contributed by atoms with E-state index in [1.807, 2.05) is 6.07 Å². The van der Waals surface area contributed by atoms with Gasteiger partial charge in [-0.05, 0) is 17.7 Å². The summed E-state index contributed by atoms with van der Waals surface area (Å²) in [6.45, 7) is 0. The maximum atomic E-state index is 8.84. The van der Waals surface area contributed by atoms with E-state index in [9.17, 15) is 0 Å². The van der Waals surface area contributed by atoms with Crippen molar-refractivity contribution in [1.29, 1.82) is 10.5 Å². The summed E-state index contributed by atoms with van der Waals surface area (Å²) in [5.41, 5.74) is 1.04. The maximum Gasteiger partial charge on any atom is 0.256 e. The molecule has 0 aliphatic heterocycles. The third-order valence-corrected chi connectivity index (χ3v) is 2.19. The smallest absolute Gasteiger partial charge is 0.256 e. The summed E-state index contributed by atoms with van der Waals surface area (Å²) in [6.07, 6.45) is 3.25. The zero-order chi connectivity index (χ0) is 12.8. The minimum atomic E-state index is 0.138. The predicted molar refractivity (Wildman–Crippen MR) is 62.6 cm³/mol. The minimum absolute atomic E-state index is 0.138. The van der Waals surface area contributed by atoms with E-state index >= 15 is 0 Å². The summed E-state index contributed by atoms with van der Waals surface area (Å²) in [5, 5.41) is 17.4. The number of nitriles is 2. The van der Waals surface area contributed by atoms with Crippen molar-refractivity contribution in [2.75, 3.05) is 0 Å². The van der Waals surface area contributed by atoms with Gasteiger partial charge in [-0.2, -0.15) is 10.5 Å². The maximum absolute atomic E-state index is 8.84. The molecule has 1 heterocycles. The van der Waals surface area contributed by atoms with Gasteiger partial charge in [0.2, 0.25) is 5.69 Å². The lowest BCUT2D eigenvalue weighted by molar-refractivity contribution is 0.458. The number of hydrogen-bond acceptors (Lipinski definition) is 5. The summed E-state index contributed by atoms with van der Waals surface area (Å²) in [6, 6.07) is 11.0. The SMILES string of the molecule is N#CCc1ccc(Oc2nccnc2C#N)cc1. The van der Waals surface area contributed by atoms with Gasteiger partial charge in [-0.1, -0.05) is 12.1 Å². The highest BCUT2D eigenvalue weighted by molar-refractivity contribution is 5.36. The zero-order valence-electron chi connectivity index (χ0n) is 9.37. The third-order valence-electron chi connectivity index (χ3n) is 2.19. The molecule has 5 heteroatoms. The van der Waals surface area contributed by atoms with Gasteiger partial charge in [0, 0.05) is 12.4 Å². The lowest BCUT2D eigenvalue weighted by Crippen LogP contribution is -1.94. The Bertz CT molecular complexity index is 623. The van der Waals surface area contributed by atoms with E-state index in [2.05, 4.69) is 16.0 Å². The Balaban J connectivity index is 2.19. The molecule has 0 spiro atoms. The quantitative estimate of drug-likeness (QED) is 0.815. The normalized spacial score (nSPS) is 9.22. The van der Waals surface area contributed by atoms with Crippen LogP contribution in [0.2, 0.25) is 0 Å². The van der Waals surface area contributed by atoms with Crippen LogP contribution in [-0.2, 0) is 6.42 Å². The molecule has 0 bridgehead atoms. The molecule has 0 unspecified atom stereocenters. The van der Waals surface area contributed by atoms with Crippen molar-refractivity contribution in [3.05, 3.63) is 47.9 Å². The van der Waals surface area contributed by atoms with Crippen LogP contribution in [0.25, 0.3) is 0 Å². The average Bonchev–Trinajstić information content (AvgIpc) is 2.42. The molecule has 86 valence electrons. The number of nitrogens with zero attached hydrogens (tertiary/aromatic N) is 4. The Morgan fingerprint density at radius 3 is 2.44 bits per heavy atom. The van der Waals surface area contributed by atoms with Gasteiger partial charge in [0.15, 0.2) is 0 Å². The number of aromatic nitrogens is 2. The molecule has 2 rings (SSSR count). The van der Waals surface area contributed by atoms with E-state index in [1.165, 1.54) is 12.4 Å². The monoisotopic (exact) mass is 236 g/mol. The van der Waals surface area contributed by atoms with Crippen molar-refractivity contribution in [1.82, 2.24) is 9.97 Å². The van der Waals surface area contributed by atoms with E-state index in [4.69, 9.17) is 15.3 Å². The highest BCUT2D eigenvalue weighted by Gasteiger charge is 2.06. The fourth-order valence-corrected chi connectivity index (χ4v) is 1.35. The molecule has 0 fully saturated rings. The lowest BCUT2D eigenvalue weighted by atomic mass is 10.2. The summed E-state index contributed by atoms with van der Waals surface area (Å²) < 4.78 is 5.45. The van der Waals surface area contributed by atoms with E-state index in [0.717, 1.165) is 5.56 Å². The second-order valence-corrected chi connectivity index (χ2v) is 3.40. The summed E-state index contributed by atoms with van der Waals surface area (Å²) in [7, 11) is 0. The van der Waals surface area contributed by atoms with Gasteiger partial charge < -0.3 is 4.74 Å². The van der Waals surface area contributed by atoms with Crippen LogP contribution >= 0.6 is 0 Å². The van der Waals surface area contributed by atoms with Gasteiger partial charge in [-0.15, -0.1) is 0 Å². The molecule has 0 amide bonds. The Morgan fingerprint density at radius 1 is 1.06 bits per heavy atom. The van der Waals surface area contributed by atoms with Gasteiger partial charge in [-0.3, -0.25) is 0 Å². The van der Waals surface area contributed by atoms with E-state index in [0.29, 0.717) is 12.2 Å². The predicted octanol–water partition coefficient (Wildman–Crippen LogP) is 2.21. The Hall–Kier alpha value is -2.92. The fourth-order valence-electron chi connectivity index (χ4n) is 1.35. The van der Waals surface area contributed by atoms with Crippen molar-refractivity contribution >= 4 is 0 Å². The zero-order valence-corrected chi connectivity index (χ0v) is 9.37. The van der Waals surface area contributed by atoms with Crippen molar-refractivity contribution < 1.29 is 4.74 Å². The fraction of sp³-hybridized carbons (Fsp3) is 0.0769. The van der Waals surface area contributed by atoms with Crippen LogP contribution in [0.5, 0.6) is 11.6 Å². The summed E-state index contributed by atoms with van der Waals surface area (Å²) in [5.74, 6) is 0.724. The highest BCUT2D eigenvalue weighted by atomic mass is 16.5. The van der Waals surface area contributed by atoms with Crippen LogP contribution in [0.4, 0.5) is 0 Å². The lowest BCUT2D eigenvalue weighted by Gasteiger charge is -2.05. The van der Waals surface area contributed by atoms with Crippen LogP contribution in [0.15, 0.2) is 36.7 Å². The second kappa shape index (κ2) is 5.42. The molecule has 5 nitrogen and oxygen atoms in total. The van der Waals surface area contributed by atoms with Gasteiger partial charge >= 0.3 is 0 Å². The molecule has 2 aromatic rings. The number of rotatable bonds is 3. The Morgan fingerprint density at radius 2 is 1.78 bits per heavy atom. The molecule has 0 radical (unpaired) electrons. The first kappa shape index (κ1) is 11.6. The molecule has 0 aliphatic carbocycles. The van der Waals surface area contributed by atoms with Gasteiger partial charge in [0.1, 0.15) is 11.8 Å². The summed E-state index contributed by atoms with van der Waals surface area (Å²) in [4.78, 5) is 7.79. The van der Waals surface area contributed by atoms with Crippen molar-refractivity contribution in [3.63, 3.8) is 0 Å². The standard InChI is InChI=1S/C13H8N4O/c14-6-5-10-1-3-11(4-2-10)18-13-12(9-15)16-7-8-17-13/h1-4,7-8H,5H2. The number of hydrogen-bond donors (Lipinski definition) is 0. The molecule has 0 N–H and O–H groups in total. The number of ether oxygens (including phenoxy) is 1. The molecular weight excluding hydrogens is 228 g/mol. The first-order chi connectivity index (χ1) is 8.83. The molecule has 1 aromatic heterocycles. The van der Waals surface area contributed by atoms with Crippen molar-refractivity contribution in [3.8, 4) is 23.8 Å². The molecule has 0 saturated heterocycles. The van der Waals surface area contributed by atoms with Crippen LogP contribution < -0.4 is 4.74 Å². The molecule has 1 aromatic carbocycles. The Labute approximate surface area is 104 Å². The summed E-state index contributed by atoms with van der Waals surface area (Å²) >= 11 is 0. The van der Waals surface area contributed by atoms with Crippen molar-refractivity contribution in [2.24, 2.45) is 0 Å². The minimum Gasteiger partial charge on any atom is -0.437 e. The largest absolute Gasteiger partial charge is 0.437 e. The molecule has 0 aliphatic rings. The van der Waals surface area contributed by atoms with Gasteiger partial charge in [-0.25, -0.2) is 9.97 Å². The van der Waals surface area contributed by atoms with Crippen LogP contribution in [0, 0.1) is 22.7 Å².